The zero-order chi connectivity index (χ0) is 17.7. The molecule has 3 aromatic carbocycles. The first kappa shape index (κ1) is 15.1. The minimum absolute atomic E-state index is 0.248. The van der Waals surface area contributed by atoms with Gasteiger partial charge in [-0.05, 0) is 28.8 Å². The highest BCUT2D eigenvalue weighted by molar-refractivity contribution is 6.32. The molecule has 0 saturated carbocycles. The summed E-state index contributed by atoms with van der Waals surface area (Å²) in [6.45, 7) is 0.248. The van der Waals surface area contributed by atoms with Gasteiger partial charge in [0.15, 0.2) is 11.5 Å². The van der Waals surface area contributed by atoms with Crippen LogP contribution >= 0.6 is 0 Å². The van der Waals surface area contributed by atoms with E-state index in [4.69, 9.17) is 20.2 Å². The van der Waals surface area contributed by atoms with Gasteiger partial charge in [0, 0.05) is 5.56 Å². The molecule has 0 radical (unpaired) electrons. The van der Waals surface area contributed by atoms with Crippen LogP contribution < -0.4 is 20.7 Å². The van der Waals surface area contributed by atoms with E-state index in [9.17, 15) is 0 Å². The van der Waals surface area contributed by atoms with Crippen molar-refractivity contribution in [3.05, 3.63) is 89.0 Å². The number of hydrogen-bond donors (Lipinski definition) is 1. The monoisotopic (exact) mass is 340 g/mol. The summed E-state index contributed by atoms with van der Waals surface area (Å²) >= 11 is 0. The Morgan fingerprint density at radius 3 is 2.58 bits per heavy atom. The number of benzene rings is 3. The van der Waals surface area contributed by atoms with Crippen LogP contribution in [0.15, 0.2) is 71.7 Å². The number of hydrogen-bond acceptors (Lipinski definition) is 4. The molecular formula is C21H17BN2O2. The van der Waals surface area contributed by atoms with Crippen molar-refractivity contribution < 1.29 is 9.47 Å². The summed E-state index contributed by atoms with van der Waals surface area (Å²) in [5.74, 6) is 2.06. The molecule has 2 aliphatic rings. The van der Waals surface area contributed by atoms with Gasteiger partial charge >= 0.3 is 0 Å². The molecule has 0 aromatic heterocycles. The maximum atomic E-state index is 6.34. The van der Waals surface area contributed by atoms with Crippen LogP contribution in [-0.2, 0) is 5.54 Å². The molecule has 0 saturated heterocycles. The summed E-state index contributed by atoms with van der Waals surface area (Å²) in [7, 11) is 2.09. The van der Waals surface area contributed by atoms with E-state index in [-0.39, 0.29) is 6.79 Å². The molecule has 2 N–H and O–H groups in total. The van der Waals surface area contributed by atoms with Crippen LogP contribution in [0.1, 0.15) is 22.3 Å². The Morgan fingerprint density at radius 1 is 0.885 bits per heavy atom. The Labute approximate surface area is 152 Å². The zero-order valence-corrected chi connectivity index (χ0v) is 14.4. The Bertz CT molecular complexity index is 1060. The Morgan fingerprint density at radius 2 is 1.69 bits per heavy atom. The molecule has 2 aliphatic heterocycles. The molecule has 0 amide bonds. The summed E-state index contributed by atoms with van der Waals surface area (Å²) in [4.78, 5) is 4.99. The second kappa shape index (κ2) is 5.40. The van der Waals surface area contributed by atoms with Gasteiger partial charge in [-0.1, -0.05) is 60.1 Å². The van der Waals surface area contributed by atoms with Crippen LogP contribution in [0.3, 0.4) is 0 Å². The minimum Gasteiger partial charge on any atom is -0.454 e. The highest BCUT2D eigenvalue weighted by atomic mass is 16.7. The van der Waals surface area contributed by atoms with Crippen LogP contribution in [0.25, 0.3) is 0 Å². The van der Waals surface area contributed by atoms with Gasteiger partial charge in [-0.3, -0.25) is 0 Å². The third-order valence-electron chi connectivity index (χ3n) is 5.11. The maximum Gasteiger partial charge on any atom is 0.231 e. The van der Waals surface area contributed by atoms with Crippen molar-refractivity contribution in [3.8, 4) is 11.5 Å². The number of rotatable bonds is 2. The second-order valence-electron chi connectivity index (χ2n) is 6.69. The SMILES string of the molecule is Bc1cccc(C2(c3ccc4c(c3)OCO4)N=C(N)c3ccccc32)c1. The van der Waals surface area contributed by atoms with E-state index in [0.29, 0.717) is 5.84 Å². The van der Waals surface area contributed by atoms with Crippen molar-refractivity contribution in [2.45, 2.75) is 5.54 Å². The fourth-order valence-electron chi connectivity index (χ4n) is 3.92. The van der Waals surface area contributed by atoms with Crippen LogP contribution in [0.4, 0.5) is 0 Å². The Kier molecular flexibility index (Phi) is 3.13. The van der Waals surface area contributed by atoms with Gasteiger partial charge in [0.2, 0.25) is 6.79 Å². The summed E-state index contributed by atoms with van der Waals surface area (Å²) in [5.41, 5.74) is 11.0. The van der Waals surface area contributed by atoms with Crippen LogP contribution in [0.5, 0.6) is 11.5 Å². The van der Waals surface area contributed by atoms with Crippen molar-refractivity contribution in [2.24, 2.45) is 10.7 Å². The average molecular weight is 340 g/mol. The summed E-state index contributed by atoms with van der Waals surface area (Å²) in [6.07, 6.45) is 0. The highest BCUT2D eigenvalue weighted by Crippen LogP contribution is 2.47. The lowest BCUT2D eigenvalue weighted by molar-refractivity contribution is 0.174. The van der Waals surface area contributed by atoms with Crippen molar-refractivity contribution >= 4 is 19.1 Å². The molecule has 3 aromatic rings. The molecule has 2 heterocycles. The molecule has 5 rings (SSSR count). The Balaban J connectivity index is 1.84. The predicted molar refractivity (Wildman–Crippen MR) is 104 cm³/mol. The Hall–Kier alpha value is -3.21. The lowest BCUT2D eigenvalue weighted by Gasteiger charge is -2.29. The summed E-state index contributed by atoms with van der Waals surface area (Å²) in [6, 6.07) is 22.6. The van der Waals surface area contributed by atoms with Gasteiger partial charge < -0.3 is 15.2 Å². The number of nitrogens with zero attached hydrogens (tertiary/aromatic N) is 1. The van der Waals surface area contributed by atoms with Crippen molar-refractivity contribution in [1.82, 2.24) is 0 Å². The van der Waals surface area contributed by atoms with Crippen LogP contribution in [0, 0.1) is 0 Å². The minimum atomic E-state index is -0.687. The number of ether oxygens (including phenoxy) is 2. The lowest BCUT2D eigenvalue weighted by atomic mass is 9.76. The highest BCUT2D eigenvalue weighted by Gasteiger charge is 2.43. The van der Waals surface area contributed by atoms with Gasteiger partial charge in [-0.25, -0.2) is 4.99 Å². The number of fused-ring (bicyclic) bond motifs is 2. The quantitative estimate of drug-likeness (QED) is 0.723. The number of nitrogens with two attached hydrogens (primary N) is 1. The van der Waals surface area contributed by atoms with Crippen molar-refractivity contribution in [3.63, 3.8) is 0 Å². The van der Waals surface area contributed by atoms with E-state index >= 15 is 0 Å². The molecular weight excluding hydrogens is 323 g/mol. The summed E-state index contributed by atoms with van der Waals surface area (Å²) < 4.78 is 11.1. The third-order valence-corrected chi connectivity index (χ3v) is 5.11. The van der Waals surface area contributed by atoms with Crippen LogP contribution in [0.2, 0.25) is 0 Å². The lowest BCUT2D eigenvalue weighted by Crippen LogP contribution is -2.26. The van der Waals surface area contributed by atoms with E-state index in [1.807, 2.05) is 30.3 Å². The third kappa shape index (κ3) is 2.00. The first-order chi connectivity index (χ1) is 12.7. The van der Waals surface area contributed by atoms with Crippen molar-refractivity contribution in [2.75, 3.05) is 6.79 Å². The van der Waals surface area contributed by atoms with E-state index in [2.05, 4.69) is 44.2 Å². The molecule has 126 valence electrons. The molecule has 4 nitrogen and oxygen atoms in total. The van der Waals surface area contributed by atoms with Gasteiger partial charge in [-0.15, -0.1) is 0 Å². The van der Waals surface area contributed by atoms with Gasteiger partial charge in [0.05, 0.1) is 0 Å². The molecule has 0 spiro atoms. The molecule has 0 bridgehead atoms. The van der Waals surface area contributed by atoms with Crippen molar-refractivity contribution in [1.29, 1.82) is 0 Å². The van der Waals surface area contributed by atoms with E-state index < -0.39 is 5.54 Å². The zero-order valence-electron chi connectivity index (χ0n) is 14.4. The molecule has 26 heavy (non-hydrogen) atoms. The fourth-order valence-corrected chi connectivity index (χ4v) is 3.92. The first-order valence-electron chi connectivity index (χ1n) is 8.61. The van der Waals surface area contributed by atoms with Gasteiger partial charge in [-0.2, -0.15) is 0 Å². The fraction of sp³-hybridized carbons (Fsp3) is 0.0952. The topological polar surface area (TPSA) is 56.8 Å². The largest absolute Gasteiger partial charge is 0.454 e. The van der Waals surface area contributed by atoms with Gasteiger partial charge in [0.1, 0.15) is 19.2 Å². The maximum absolute atomic E-state index is 6.34. The predicted octanol–water partition coefficient (Wildman–Crippen LogP) is 1.68. The first-order valence-corrected chi connectivity index (χ1v) is 8.61. The molecule has 1 atom stereocenters. The van der Waals surface area contributed by atoms with E-state index in [1.165, 1.54) is 5.46 Å². The van der Waals surface area contributed by atoms with E-state index in [1.54, 1.807) is 0 Å². The molecule has 0 fully saturated rings. The molecule has 5 heteroatoms. The van der Waals surface area contributed by atoms with Gasteiger partial charge in [0.25, 0.3) is 0 Å². The smallest absolute Gasteiger partial charge is 0.231 e. The average Bonchev–Trinajstić information content (AvgIpc) is 3.25. The number of aliphatic imine (C=N–C) groups is 1. The number of amidine groups is 1. The normalized spacial score (nSPS) is 19.9. The van der Waals surface area contributed by atoms with E-state index in [0.717, 1.165) is 33.8 Å². The second-order valence-corrected chi connectivity index (χ2v) is 6.69. The van der Waals surface area contributed by atoms with Crippen LogP contribution in [-0.4, -0.2) is 20.5 Å². The molecule has 1 unspecified atom stereocenters. The summed E-state index contributed by atoms with van der Waals surface area (Å²) in [5, 5.41) is 0. The molecule has 0 aliphatic carbocycles. The standard InChI is InChI=1S/C21H17BN2O2/c22-15-5-3-4-13(10-15)21(14-8-9-18-19(11-14)26-12-25-18)17-7-2-1-6-16(17)20(23)24-21/h1-11H,12,22H2,(H2,23,24).